The molecule has 0 aromatic heterocycles. The van der Waals surface area contributed by atoms with Crippen LogP contribution in [0.5, 0.6) is 0 Å². The number of rotatable bonds is 3. The van der Waals surface area contributed by atoms with E-state index in [0.717, 1.165) is 17.7 Å². The number of alkyl halides is 3. The lowest BCUT2D eigenvalue weighted by Crippen LogP contribution is -2.30. The van der Waals surface area contributed by atoms with Crippen molar-refractivity contribution in [3.63, 3.8) is 0 Å². The summed E-state index contributed by atoms with van der Waals surface area (Å²) in [4.78, 5) is 11.8. The molecule has 0 heterocycles. The lowest BCUT2D eigenvalue weighted by Gasteiger charge is -2.29. The van der Waals surface area contributed by atoms with Gasteiger partial charge in [0.2, 0.25) is 0 Å². The molecule has 1 aliphatic carbocycles. The average molecular weight is 298 g/mol. The van der Waals surface area contributed by atoms with Crippen LogP contribution < -0.4 is 0 Å². The van der Waals surface area contributed by atoms with Crippen LogP contribution in [-0.2, 0) is 27.7 Å². The van der Waals surface area contributed by atoms with E-state index in [4.69, 9.17) is 4.74 Å². The Bertz CT molecular complexity index is 590. The Balaban J connectivity index is 2.46. The van der Waals surface area contributed by atoms with Gasteiger partial charge < -0.3 is 4.74 Å². The summed E-state index contributed by atoms with van der Waals surface area (Å²) in [6, 6.07) is 3.66. The summed E-state index contributed by atoms with van der Waals surface area (Å²) < 4.78 is 44.1. The van der Waals surface area contributed by atoms with Gasteiger partial charge >= 0.3 is 12.1 Å². The molecule has 114 valence electrons. The fourth-order valence-corrected chi connectivity index (χ4v) is 2.68. The highest BCUT2D eigenvalue weighted by Gasteiger charge is 2.43. The van der Waals surface area contributed by atoms with Crippen molar-refractivity contribution in [3.8, 4) is 0 Å². The van der Waals surface area contributed by atoms with Gasteiger partial charge in [0, 0.05) is 5.57 Å². The number of hydrogen-bond acceptors (Lipinski definition) is 2. The van der Waals surface area contributed by atoms with Crippen molar-refractivity contribution >= 4 is 5.97 Å². The van der Waals surface area contributed by atoms with Crippen molar-refractivity contribution in [2.45, 2.75) is 44.9 Å². The molecular formula is C16H17F3O2. The second kappa shape index (κ2) is 5.20. The predicted molar refractivity (Wildman–Crippen MR) is 72.6 cm³/mol. The zero-order valence-electron chi connectivity index (χ0n) is 12.0. The minimum absolute atomic E-state index is 0.239. The number of fused-ring (bicyclic) bond motifs is 1. The van der Waals surface area contributed by atoms with E-state index in [1.54, 1.807) is 6.92 Å². The van der Waals surface area contributed by atoms with Gasteiger partial charge in [0.05, 0.1) is 5.56 Å². The normalized spacial score (nSPS) is 21.0. The molecule has 0 saturated heterocycles. The van der Waals surface area contributed by atoms with Crippen LogP contribution in [0.25, 0.3) is 0 Å². The third-order valence-electron chi connectivity index (χ3n) is 3.93. The van der Waals surface area contributed by atoms with E-state index in [1.165, 1.54) is 13.0 Å². The fourth-order valence-electron chi connectivity index (χ4n) is 2.68. The second-order valence-corrected chi connectivity index (χ2v) is 5.39. The molecule has 0 aliphatic heterocycles. The first kappa shape index (κ1) is 15.6. The van der Waals surface area contributed by atoms with Crippen molar-refractivity contribution in [2.75, 3.05) is 0 Å². The SMILES string of the molecule is C=C(C)C(=O)OC1(CC)CCc2ccc(C(F)(F)F)cc21. The molecule has 1 atom stereocenters. The number of halogens is 3. The molecule has 0 N–H and O–H groups in total. The molecular weight excluding hydrogens is 281 g/mol. The first-order chi connectivity index (χ1) is 9.69. The van der Waals surface area contributed by atoms with Crippen molar-refractivity contribution in [1.29, 1.82) is 0 Å². The van der Waals surface area contributed by atoms with Crippen LogP contribution in [0.3, 0.4) is 0 Å². The second-order valence-electron chi connectivity index (χ2n) is 5.39. The molecule has 0 bridgehead atoms. The number of hydrogen-bond donors (Lipinski definition) is 0. The van der Waals surface area contributed by atoms with E-state index >= 15 is 0 Å². The maximum absolute atomic E-state index is 12.9. The maximum atomic E-state index is 12.9. The van der Waals surface area contributed by atoms with Gasteiger partial charge in [0.15, 0.2) is 0 Å². The van der Waals surface area contributed by atoms with Crippen LogP contribution in [0, 0.1) is 0 Å². The number of aryl methyl sites for hydroxylation is 1. The molecule has 0 fully saturated rings. The Morgan fingerprint density at radius 3 is 2.62 bits per heavy atom. The van der Waals surface area contributed by atoms with Crippen LogP contribution in [0.1, 0.15) is 43.4 Å². The maximum Gasteiger partial charge on any atom is 0.416 e. The Labute approximate surface area is 121 Å². The van der Waals surface area contributed by atoms with Gasteiger partial charge in [0.25, 0.3) is 0 Å². The van der Waals surface area contributed by atoms with Gasteiger partial charge in [-0.05, 0) is 49.4 Å². The molecule has 0 saturated carbocycles. The van der Waals surface area contributed by atoms with Crippen LogP contribution in [0.2, 0.25) is 0 Å². The van der Waals surface area contributed by atoms with E-state index in [-0.39, 0.29) is 5.57 Å². The monoisotopic (exact) mass is 298 g/mol. The zero-order valence-corrected chi connectivity index (χ0v) is 12.0. The highest BCUT2D eigenvalue weighted by atomic mass is 19.4. The highest BCUT2D eigenvalue weighted by Crippen LogP contribution is 2.45. The molecule has 1 unspecified atom stereocenters. The van der Waals surface area contributed by atoms with Crippen molar-refractivity contribution in [2.24, 2.45) is 0 Å². The Kier molecular flexibility index (Phi) is 3.87. The molecule has 1 aliphatic rings. The summed E-state index contributed by atoms with van der Waals surface area (Å²) in [5.41, 5.74) is -0.184. The highest BCUT2D eigenvalue weighted by molar-refractivity contribution is 5.87. The van der Waals surface area contributed by atoms with Gasteiger partial charge in [0.1, 0.15) is 5.60 Å². The topological polar surface area (TPSA) is 26.3 Å². The molecule has 0 radical (unpaired) electrons. The van der Waals surface area contributed by atoms with Crippen LogP contribution in [0.4, 0.5) is 13.2 Å². The number of esters is 1. The standard InChI is InChI=1S/C16H17F3O2/c1-4-15(21-14(20)10(2)3)8-7-11-5-6-12(9-13(11)15)16(17,18)19/h5-6,9H,2,4,7-8H2,1,3H3. The van der Waals surface area contributed by atoms with Gasteiger partial charge in [-0.2, -0.15) is 13.2 Å². The lowest BCUT2D eigenvalue weighted by molar-refractivity contribution is -0.156. The number of carbonyl (C=O) groups excluding carboxylic acids is 1. The summed E-state index contributed by atoms with van der Waals surface area (Å²) in [5.74, 6) is -0.567. The van der Waals surface area contributed by atoms with E-state index < -0.39 is 23.3 Å². The summed E-state index contributed by atoms with van der Waals surface area (Å²) in [6.07, 6.45) is -2.88. The quantitative estimate of drug-likeness (QED) is 0.611. The first-order valence-electron chi connectivity index (χ1n) is 6.79. The summed E-state index contributed by atoms with van der Waals surface area (Å²) in [5, 5.41) is 0. The van der Waals surface area contributed by atoms with Gasteiger partial charge in [-0.1, -0.05) is 19.6 Å². The molecule has 21 heavy (non-hydrogen) atoms. The molecule has 1 aromatic carbocycles. The van der Waals surface area contributed by atoms with E-state index in [2.05, 4.69) is 6.58 Å². The van der Waals surface area contributed by atoms with Crippen molar-refractivity contribution < 1.29 is 22.7 Å². The largest absolute Gasteiger partial charge is 0.451 e. The summed E-state index contributed by atoms with van der Waals surface area (Å²) in [6.45, 7) is 6.85. The molecule has 2 rings (SSSR count). The Hall–Kier alpha value is -1.78. The van der Waals surface area contributed by atoms with Crippen LogP contribution in [0.15, 0.2) is 30.4 Å². The first-order valence-corrected chi connectivity index (χ1v) is 6.79. The van der Waals surface area contributed by atoms with Crippen molar-refractivity contribution in [3.05, 3.63) is 47.0 Å². The minimum atomic E-state index is -4.41. The molecule has 0 spiro atoms. The lowest BCUT2D eigenvalue weighted by atomic mass is 9.91. The third-order valence-corrected chi connectivity index (χ3v) is 3.93. The molecule has 1 aromatic rings. The Morgan fingerprint density at radius 2 is 2.10 bits per heavy atom. The smallest absolute Gasteiger partial charge is 0.416 e. The van der Waals surface area contributed by atoms with Gasteiger partial charge in [-0.15, -0.1) is 0 Å². The predicted octanol–water partition coefficient (Wildman–Crippen LogP) is 4.38. The molecule has 2 nitrogen and oxygen atoms in total. The van der Waals surface area contributed by atoms with Crippen LogP contribution >= 0.6 is 0 Å². The van der Waals surface area contributed by atoms with Gasteiger partial charge in [-0.3, -0.25) is 0 Å². The fraction of sp³-hybridized carbons (Fsp3) is 0.438. The number of carbonyl (C=O) groups is 1. The van der Waals surface area contributed by atoms with Crippen LogP contribution in [-0.4, -0.2) is 5.97 Å². The molecule has 0 amide bonds. The van der Waals surface area contributed by atoms with Crippen molar-refractivity contribution in [1.82, 2.24) is 0 Å². The zero-order chi connectivity index (χ0) is 15.8. The number of benzene rings is 1. The van der Waals surface area contributed by atoms with Gasteiger partial charge in [-0.25, -0.2) is 4.79 Å². The summed E-state index contributed by atoms with van der Waals surface area (Å²) in [7, 11) is 0. The van der Waals surface area contributed by atoms with E-state index in [9.17, 15) is 18.0 Å². The van der Waals surface area contributed by atoms with E-state index in [1.807, 2.05) is 0 Å². The van der Waals surface area contributed by atoms with E-state index in [0.29, 0.717) is 24.8 Å². The average Bonchev–Trinajstić information content (AvgIpc) is 2.76. The Morgan fingerprint density at radius 1 is 1.43 bits per heavy atom. The summed E-state index contributed by atoms with van der Waals surface area (Å²) >= 11 is 0. The minimum Gasteiger partial charge on any atom is -0.451 e. The number of ether oxygens (including phenoxy) is 1. The molecule has 5 heteroatoms. The third kappa shape index (κ3) is 2.82.